The second-order valence-electron chi connectivity index (χ2n) is 10.1. The van der Waals surface area contributed by atoms with E-state index >= 15 is 0 Å². The lowest BCUT2D eigenvalue weighted by Crippen LogP contribution is -2.53. The first-order valence-corrected chi connectivity index (χ1v) is 10.7. The smallest absolute Gasteiger partial charge is 0.163 e. The number of rotatable bonds is 3. The second-order valence-corrected chi connectivity index (χ2v) is 10.1. The molecule has 0 radical (unpaired) electrons. The van der Waals surface area contributed by atoms with Crippen molar-refractivity contribution in [3.63, 3.8) is 0 Å². The summed E-state index contributed by atoms with van der Waals surface area (Å²) in [6, 6.07) is 0. The quantitative estimate of drug-likeness (QED) is 0.656. The van der Waals surface area contributed by atoms with Gasteiger partial charge in [0.1, 0.15) is 5.60 Å². The Labute approximate surface area is 162 Å². The molecule has 1 saturated heterocycles. The van der Waals surface area contributed by atoms with Crippen LogP contribution in [0.2, 0.25) is 0 Å². The van der Waals surface area contributed by atoms with Crippen LogP contribution in [0.4, 0.5) is 0 Å². The fourth-order valence-corrected chi connectivity index (χ4v) is 6.57. The van der Waals surface area contributed by atoms with E-state index in [2.05, 4.69) is 13.0 Å². The summed E-state index contributed by atoms with van der Waals surface area (Å²) in [4.78, 5) is 0. The molecule has 1 heterocycles. The van der Waals surface area contributed by atoms with Crippen LogP contribution in [0.15, 0.2) is 11.6 Å². The van der Waals surface area contributed by atoms with Gasteiger partial charge in [-0.25, -0.2) is 0 Å². The summed E-state index contributed by atoms with van der Waals surface area (Å²) in [6.45, 7) is 6.42. The highest BCUT2D eigenvalue weighted by atomic mass is 16.8. The third-order valence-electron chi connectivity index (χ3n) is 8.30. The van der Waals surface area contributed by atoms with Crippen molar-refractivity contribution in [1.29, 1.82) is 0 Å². The first kappa shape index (κ1) is 19.8. The Morgan fingerprint density at radius 1 is 1.07 bits per heavy atom. The zero-order valence-corrected chi connectivity index (χ0v) is 17.0. The highest BCUT2D eigenvalue weighted by Gasteiger charge is 2.55. The van der Waals surface area contributed by atoms with Crippen molar-refractivity contribution in [1.82, 2.24) is 0 Å². The largest absolute Gasteiger partial charge is 0.396 e. The molecule has 0 amide bonds. The van der Waals surface area contributed by atoms with E-state index in [0.29, 0.717) is 24.4 Å². The van der Waals surface area contributed by atoms with E-state index in [-0.39, 0.29) is 24.5 Å². The van der Waals surface area contributed by atoms with Gasteiger partial charge in [-0.2, -0.15) is 0 Å². The topological polar surface area (TPSA) is 79.2 Å². The summed E-state index contributed by atoms with van der Waals surface area (Å²) in [7, 11) is 0. The van der Waals surface area contributed by atoms with Gasteiger partial charge in [-0.15, -0.1) is 0 Å². The van der Waals surface area contributed by atoms with Crippen LogP contribution in [-0.4, -0.2) is 52.6 Å². The molecule has 7 atom stereocenters. The van der Waals surface area contributed by atoms with Gasteiger partial charge in [-0.1, -0.05) is 18.6 Å². The molecule has 1 aliphatic heterocycles. The molecule has 2 saturated carbocycles. The van der Waals surface area contributed by atoms with Gasteiger partial charge in [0, 0.05) is 5.41 Å². The molecule has 5 heteroatoms. The summed E-state index contributed by atoms with van der Waals surface area (Å²) in [5.41, 5.74) is 0.528. The van der Waals surface area contributed by atoms with Crippen LogP contribution in [0.5, 0.6) is 0 Å². The maximum absolute atomic E-state index is 10.5. The van der Waals surface area contributed by atoms with Gasteiger partial charge >= 0.3 is 0 Å². The van der Waals surface area contributed by atoms with E-state index in [1.807, 2.05) is 13.8 Å². The van der Waals surface area contributed by atoms with E-state index in [1.54, 1.807) is 0 Å². The number of hydrogen-bond donors (Lipinski definition) is 3. The van der Waals surface area contributed by atoms with E-state index in [9.17, 15) is 15.3 Å². The molecule has 3 aliphatic carbocycles. The minimum Gasteiger partial charge on any atom is -0.396 e. The molecule has 5 nitrogen and oxygen atoms in total. The number of aliphatic hydroxyl groups is 3. The molecule has 27 heavy (non-hydrogen) atoms. The Hall–Kier alpha value is -0.460. The van der Waals surface area contributed by atoms with Crippen LogP contribution in [0.3, 0.4) is 0 Å². The third kappa shape index (κ3) is 3.10. The number of allylic oxidation sites excluding steroid dienone is 2. The molecule has 0 bridgehead atoms. The predicted molar refractivity (Wildman–Crippen MR) is 102 cm³/mol. The molecule has 7 unspecified atom stereocenters. The Morgan fingerprint density at radius 2 is 1.85 bits per heavy atom. The second kappa shape index (κ2) is 6.81. The molecule has 4 rings (SSSR count). The first-order chi connectivity index (χ1) is 12.7. The van der Waals surface area contributed by atoms with Gasteiger partial charge in [-0.05, 0) is 76.0 Å². The number of aliphatic hydroxyl groups excluding tert-OH is 3. The van der Waals surface area contributed by atoms with Crippen LogP contribution in [0, 0.1) is 29.1 Å². The summed E-state index contributed by atoms with van der Waals surface area (Å²) >= 11 is 0. The van der Waals surface area contributed by atoms with Crippen LogP contribution in [-0.2, 0) is 9.47 Å². The molecule has 3 N–H and O–H groups in total. The van der Waals surface area contributed by atoms with Gasteiger partial charge < -0.3 is 24.8 Å². The Balaban J connectivity index is 1.54. The molecule has 0 aromatic carbocycles. The van der Waals surface area contributed by atoms with Crippen LogP contribution >= 0.6 is 0 Å². The minimum absolute atomic E-state index is 0.000126. The summed E-state index contributed by atoms with van der Waals surface area (Å²) in [6.07, 6.45) is 7.83. The molecule has 4 aliphatic rings. The van der Waals surface area contributed by atoms with Gasteiger partial charge in [0.05, 0.1) is 25.9 Å². The Kier molecular flexibility index (Phi) is 5.00. The van der Waals surface area contributed by atoms with Crippen molar-refractivity contribution in [2.75, 3.05) is 19.8 Å². The molecule has 0 aromatic rings. The number of hydrogen-bond acceptors (Lipinski definition) is 5. The van der Waals surface area contributed by atoms with Crippen LogP contribution in [0.25, 0.3) is 0 Å². The maximum atomic E-state index is 10.5. The maximum Gasteiger partial charge on any atom is 0.163 e. The normalized spacial score (nSPS) is 49.3. The lowest BCUT2D eigenvalue weighted by molar-refractivity contribution is -0.185. The fraction of sp³-hybridized carbons (Fsp3) is 0.909. The van der Waals surface area contributed by atoms with Crippen molar-refractivity contribution < 1.29 is 24.8 Å². The van der Waals surface area contributed by atoms with Gasteiger partial charge in [0.2, 0.25) is 0 Å². The van der Waals surface area contributed by atoms with Crippen molar-refractivity contribution in [3.05, 3.63) is 11.6 Å². The first-order valence-electron chi connectivity index (χ1n) is 10.7. The fourth-order valence-electron chi connectivity index (χ4n) is 6.57. The monoisotopic (exact) mass is 380 g/mol. The van der Waals surface area contributed by atoms with Gasteiger partial charge in [0.15, 0.2) is 5.79 Å². The highest BCUT2D eigenvalue weighted by Crippen LogP contribution is 2.57. The summed E-state index contributed by atoms with van der Waals surface area (Å²) < 4.78 is 12.0. The lowest BCUT2D eigenvalue weighted by Gasteiger charge is -2.54. The average Bonchev–Trinajstić information content (AvgIpc) is 3.00. The molecule has 0 aromatic heterocycles. The van der Waals surface area contributed by atoms with Gasteiger partial charge in [-0.3, -0.25) is 0 Å². The van der Waals surface area contributed by atoms with E-state index in [1.165, 1.54) is 5.57 Å². The highest BCUT2D eigenvalue weighted by molar-refractivity contribution is 5.21. The SMILES string of the molecule is CC1(C)OCC(CO)(C2CCC3C(=CCC4C3CCC(O)C4(C)CO)C2)O1. The zero-order chi connectivity index (χ0) is 19.4. The summed E-state index contributed by atoms with van der Waals surface area (Å²) in [5.74, 6) is 1.10. The van der Waals surface area contributed by atoms with E-state index in [0.717, 1.165) is 38.5 Å². The van der Waals surface area contributed by atoms with Crippen molar-refractivity contribution in [2.45, 2.75) is 76.8 Å². The van der Waals surface area contributed by atoms with E-state index < -0.39 is 17.5 Å². The molecule has 0 spiro atoms. The van der Waals surface area contributed by atoms with Crippen LogP contribution in [0.1, 0.15) is 59.3 Å². The standard InChI is InChI=1S/C22H36O5/c1-20(2)26-13-22(12-24,27-20)15-5-6-16-14(10-15)4-8-18-17(16)7-9-19(25)21(18,3)11-23/h4,15-19,23-25H,5-13H2,1-3H3. The number of fused-ring (bicyclic) bond motifs is 3. The minimum atomic E-state index is -0.631. The Bertz CT molecular complexity index is 602. The summed E-state index contributed by atoms with van der Waals surface area (Å²) in [5, 5.41) is 30.7. The molecular weight excluding hydrogens is 344 g/mol. The lowest BCUT2D eigenvalue weighted by atomic mass is 9.52. The third-order valence-corrected chi connectivity index (χ3v) is 8.30. The van der Waals surface area contributed by atoms with Crippen molar-refractivity contribution >= 4 is 0 Å². The molecule has 3 fully saturated rings. The molecule has 154 valence electrons. The molecular formula is C22H36O5. The Morgan fingerprint density at radius 3 is 2.48 bits per heavy atom. The van der Waals surface area contributed by atoms with Crippen molar-refractivity contribution in [3.8, 4) is 0 Å². The predicted octanol–water partition coefficient (Wildman–Crippen LogP) is 2.63. The van der Waals surface area contributed by atoms with Crippen LogP contribution < -0.4 is 0 Å². The van der Waals surface area contributed by atoms with Crippen molar-refractivity contribution in [2.24, 2.45) is 29.1 Å². The van der Waals surface area contributed by atoms with Gasteiger partial charge in [0.25, 0.3) is 0 Å². The zero-order valence-electron chi connectivity index (χ0n) is 17.0. The number of ether oxygens (including phenoxy) is 2. The van der Waals surface area contributed by atoms with E-state index in [4.69, 9.17) is 9.47 Å². The average molecular weight is 381 g/mol.